The second kappa shape index (κ2) is 4.32. The first-order valence-electron chi connectivity index (χ1n) is 5.05. The molecule has 0 bridgehead atoms. The van der Waals surface area contributed by atoms with E-state index in [1.807, 2.05) is 0 Å². The van der Waals surface area contributed by atoms with E-state index >= 15 is 0 Å². The lowest BCUT2D eigenvalue weighted by Crippen LogP contribution is -2.41. The summed E-state index contributed by atoms with van der Waals surface area (Å²) in [7, 11) is 1.59. The molecule has 0 aromatic heterocycles. The lowest BCUT2D eigenvalue weighted by molar-refractivity contribution is -0.127. The van der Waals surface area contributed by atoms with E-state index in [0.717, 1.165) is 0 Å². The number of nitrogens with two attached hydrogens (primary N) is 1. The molecule has 6 heteroatoms. The summed E-state index contributed by atoms with van der Waals surface area (Å²) in [6.45, 7) is -0.0386. The number of amides is 2. The lowest BCUT2D eigenvalue weighted by Gasteiger charge is -2.18. The highest BCUT2D eigenvalue weighted by Crippen LogP contribution is 2.30. The quantitative estimate of drug-likeness (QED) is 0.770. The second-order valence-electron chi connectivity index (χ2n) is 3.60. The van der Waals surface area contributed by atoms with Crippen LogP contribution in [-0.4, -0.2) is 31.8 Å². The van der Waals surface area contributed by atoms with Gasteiger partial charge in [0, 0.05) is 7.05 Å². The molecule has 1 unspecified atom stereocenters. The van der Waals surface area contributed by atoms with Crippen molar-refractivity contribution in [1.82, 2.24) is 0 Å². The van der Waals surface area contributed by atoms with Gasteiger partial charge in [-0.05, 0) is 12.1 Å². The Morgan fingerprint density at radius 3 is 2.94 bits per heavy atom. The van der Waals surface area contributed by atoms with Crippen molar-refractivity contribution in [2.24, 2.45) is 5.73 Å². The number of hydrogen-bond acceptors (Lipinski definition) is 4. The van der Waals surface area contributed by atoms with Crippen molar-refractivity contribution in [2.45, 2.75) is 6.10 Å². The van der Waals surface area contributed by atoms with E-state index in [0.29, 0.717) is 11.4 Å². The third-order valence-corrected chi connectivity index (χ3v) is 2.48. The monoisotopic (exact) mass is 236 g/mol. The van der Waals surface area contributed by atoms with Gasteiger partial charge in [-0.3, -0.25) is 4.79 Å². The van der Waals surface area contributed by atoms with Gasteiger partial charge in [0.1, 0.15) is 12.4 Å². The minimum atomic E-state index is -1.01. The summed E-state index contributed by atoms with van der Waals surface area (Å²) in [6.07, 6.45) is -2.00. The normalized spacial score (nSPS) is 19.0. The van der Waals surface area contributed by atoms with Crippen molar-refractivity contribution >= 4 is 17.7 Å². The van der Waals surface area contributed by atoms with Crippen molar-refractivity contribution in [1.29, 1.82) is 0 Å². The number of fused-ring (bicyclic) bond motifs is 1. The lowest BCUT2D eigenvalue weighted by atomic mass is 10.2. The Kier molecular flexibility index (Phi) is 2.86. The molecule has 90 valence electrons. The standard InChI is InChI=1S/C11H12N2O4/c1-13-7-4-2-3-5-8(7)16-6-9(10(13)14)17-11(12)15/h2-5,9H,6H2,1H3,(H2,12,15). The zero-order valence-corrected chi connectivity index (χ0v) is 9.25. The topological polar surface area (TPSA) is 81.9 Å². The van der Waals surface area contributed by atoms with Crippen LogP contribution in [0.4, 0.5) is 10.5 Å². The number of ether oxygens (including phenoxy) is 2. The maximum Gasteiger partial charge on any atom is 0.405 e. The van der Waals surface area contributed by atoms with Gasteiger partial charge in [-0.2, -0.15) is 0 Å². The average Bonchev–Trinajstić information content (AvgIpc) is 2.42. The number of likely N-dealkylation sites (N-methyl/N-ethyl adjacent to an activating group) is 1. The van der Waals surface area contributed by atoms with Gasteiger partial charge in [0.15, 0.2) is 0 Å². The Labute approximate surface area is 97.9 Å². The fourth-order valence-electron chi connectivity index (χ4n) is 1.65. The van der Waals surface area contributed by atoms with E-state index in [1.54, 1.807) is 31.3 Å². The first-order valence-corrected chi connectivity index (χ1v) is 5.05. The highest BCUT2D eigenvalue weighted by atomic mass is 16.6. The molecule has 2 N–H and O–H groups in total. The molecule has 1 atom stereocenters. The average molecular weight is 236 g/mol. The Morgan fingerprint density at radius 1 is 1.53 bits per heavy atom. The van der Waals surface area contributed by atoms with Gasteiger partial charge in [-0.1, -0.05) is 12.1 Å². The minimum Gasteiger partial charge on any atom is -0.487 e. The maximum atomic E-state index is 12.0. The zero-order chi connectivity index (χ0) is 12.4. The molecule has 17 heavy (non-hydrogen) atoms. The number of nitrogens with zero attached hydrogens (tertiary/aromatic N) is 1. The first-order chi connectivity index (χ1) is 8.09. The largest absolute Gasteiger partial charge is 0.487 e. The summed E-state index contributed by atoms with van der Waals surface area (Å²) in [6, 6.07) is 7.08. The van der Waals surface area contributed by atoms with E-state index in [-0.39, 0.29) is 12.5 Å². The van der Waals surface area contributed by atoms with Crippen molar-refractivity contribution in [2.75, 3.05) is 18.6 Å². The van der Waals surface area contributed by atoms with Gasteiger partial charge in [0.25, 0.3) is 5.91 Å². The zero-order valence-electron chi connectivity index (χ0n) is 9.25. The van der Waals surface area contributed by atoms with Crippen molar-refractivity contribution < 1.29 is 19.1 Å². The van der Waals surface area contributed by atoms with Gasteiger partial charge in [0.2, 0.25) is 6.10 Å². The third kappa shape index (κ3) is 2.15. The van der Waals surface area contributed by atoms with E-state index in [4.69, 9.17) is 15.2 Å². The van der Waals surface area contributed by atoms with Crippen molar-refractivity contribution in [3.8, 4) is 5.75 Å². The molecule has 2 rings (SSSR count). The molecule has 1 aromatic carbocycles. The minimum absolute atomic E-state index is 0.0386. The summed E-state index contributed by atoms with van der Waals surface area (Å²) >= 11 is 0. The molecule has 0 saturated heterocycles. The molecular formula is C11H12N2O4. The highest BCUT2D eigenvalue weighted by molar-refractivity contribution is 5.99. The van der Waals surface area contributed by atoms with Crippen LogP contribution in [0, 0.1) is 0 Å². The number of carbonyl (C=O) groups is 2. The maximum absolute atomic E-state index is 12.0. The van der Waals surface area contributed by atoms with Gasteiger partial charge in [0.05, 0.1) is 5.69 Å². The van der Waals surface area contributed by atoms with E-state index in [2.05, 4.69) is 0 Å². The predicted octanol–water partition coefficient (Wildman–Crippen LogP) is 0.506. The molecule has 1 heterocycles. The number of primary amides is 1. The molecular weight excluding hydrogens is 224 g/mol. The summed E-state index contributed by atoms with van der Waals surface area (Å²) in [4.78, 5) is 24.0. The van der Waals surface area contributed by atoms with Crippen LogP contribution in [0.1, 0.15) is 0 Å². The van der Waals surface area contributed by atoms with E-state index in [1.165, 1.54) is 4.90 Å². The first kappa shape index (κ1) is 11.3. The van der Waals surface area contributed by atoms with Gasteiger partial charge < -0.3 is 20.1 Å². The van der Waals surface area contributed by atoms with E-state index in [9.17, 15) is 9.59 Å². The molecule has 1 aliphatic heterocycles. The van der Waals surface area contributed by atoms with Crippen LogP contribution < -0.4 is 15.4 Å². The molecule has 0 radical (unpaired) electrons. The summed E-state index contributed by atoms with van der Waals surface area (Å²) in [5, 5.41) is 0. The number of carbonyl (C=O) groups excluding carboxylic acids is 2. The fraction of sp³-hybridized carbons (Fsp3) is 0.273. The van der Waals surface area contributed by atoms with Gasteiger partial charge >= 0.3 is 6.09 Å². The number of rotatable bonds is 1. The van der Waals surface area contributed by atoms with Gasteiger partial charge in [-0.25, -0.2) is 4.79 Å². The van der Waals surface area contributed by atoms with Crippen molar-refractivity contribution in [3.05, 3.63) is 24.3 Å². The molecule has 0 saturated carbocycles. The van der Waals surface area contributed by atoms with E-state index < -0.39 is 12.2 Å². The summed E-state index contributed by atoms with van der Waals surface area (Å²) < 4.78 is 10.1. The number of hydrogen-bond donors (Lipinski definition) is 1. The van der Waals surface area contributed by atoms with Crippen LogP contribution in [0.3, 0.4) is 0 Å². The SMILES string of the molecule is CN1C(=O)C(OC(N)=O)COc2ccccc21. The Hall–Kier alpha value is -2.24. The van der Waals surface area contributed by atoms with Gasteiger partial charge in [-0.15, -0.1) is 0 Å². The van der Waals surface area contributed by atoms with Crippen LogP contribution in [0.15, 0.2) is 24.3 Å². The molecule has 0 fully saturated rings. The van der Waals surface area contributed by atoms with Crippen LogP contribution in [0.5, 0.6) is 5.75 Å². The Bertz CT molecular complexity index is 461. The Balaban J connectivity index is 2.29. The molecule has 1 aliphatic rings. The van der Waals surface area contributed by atoms with Crippen LogP contribution >= 0.6 is 0 Å². The Morgan fingerprint density at radius 2 is 2.24 bits per heavy atom. The van der Waals surface area contributed by atoms with Crippen LogP contribution in [0.2, 0.25) is 0 Å². The molecule has 0 aliphatic carbocycles. The molecule has 6 nitrogen and oxygen atoms in total. The predicted molar refractivity (Wildman–Crippen MR) is 59.8 cm³/mol. The van der Waals surface area contributed by atoms with Crippen molar-refractivity contribution in [3.63, 3.8) is 0 Å². The summed E-state index contributed by atoms with van der Waals surface area (Å²) in [5.74, 6) is 0.202. The molecule has 2 amide bonds. The second-order valence-corrected chi connectivity index (χ2v) is 3.60. The number of anilines is 1. The summed E-state index contributed by atoms with van der Waals surface area (Å²) in [5.41, 5.74) is 5.53. The van der Waals surface area contributed by atoms with Crippen LogP contribution in [0.25, 0.3) is 0 Å². The number of benzene rings is 1. The molecule has 1 aromatic rings. The smallest absolute Gasteiger partial charge is 0.405 e. The third-order valence-electron chi connectivity index (χ3n) is 2.48. The molecule has 0 spiro atoms. The fourth-order valence-corrected chi connectivity index (χ4v) is 1.65. The number of para-hydroxylation sites is 2. The highest BCUT2D eigenvalue weighted by Gasteiger charge is 2.31. The van der Waals surface area contributed by atoms with Crippen LogP contribution in [-0.2, 0) is 9.53 Å².